The van der Waals surface area contributed by atoms with Gasteiger partial charge in [-0.05, 0) is 31.6 Å². The van der Waals surface area contributed by atoms with Gasteiger partial charge >= 0.3 is 0 Å². The maximum Gasteiger partial charge on any atom is 0.0309 e. The summed E-state index contributed by atoms with van der Waals surface area (Å²) in [6, 6.07) is 0.930. The van der Waals surface area contributed by atoms with Gasteiger partial charge in [0.05, 0.1) is 0 Å². The van der Waals surface area contributed by atoms with Crippen molar-refractivity contribution in [3.05, 3.63) is 0 Å². The Hall–Kier alpha value is -0.0800. The number of rotatable bonds is 1. The van der Waals surface area contributed by atoms with Gasteiger partial charge in [0.1, 0.15) is 0 Å². The first kappa shape index (κ1) is 10.1. The molecule has 0 radical (unpaired) electrons. The summed E-state index contributed by atoms with van der Waals surface area (Å²) >= 11 is 0. The molecule has 3 aliphatic rings. The molecule has 1 spiro atoms. The number of nitrogens with zero attached hydrogens (tertiary/aromatic N) is 1. The number of hydrogen-bond donors (Lipinski definition) is 1. The van der Waals surface area contributed by atoms with Crippen molar-refractivity contribution in [2.24, 2.45) is 5.92 Å². The molecule has 2 heteroatoms. The molecule has 1 heterocycles. The molecule has 0 amide bonds. The molecule has 0 unspecified atom stereocenters. The van der Waals surface area contributed by atoms with E-state index in [1.54, 1.807) is 0 Å². The predicted molar refractivity (Wildman–Crippen MR) is 63.0 cm³/mol. The molecule has 1 N–H and O–H groups in total. The molecule has 3 fully saturated rings. The lowest BCUT2D eigenvalue weighted by Gasteiger charge is -2.49. The Morgan fingerprint density at radius 3 is 2.60 bits per heavy atom. The molecule has 0 atom stereocenters. The number of hydrogen-bond acceptors (Lipinski definition) is 2. The Balaban J connectivity index is 1.61. The Bertz CT molecular complexity index is 227. The van der Waals surface area contributed by atoms with Crippen LogP contribution in [-0.2, 0) is 0 Å². The van der Waals surface area contributed by atoms with E-state index in [2.05, 4.69) is 17.1 Å². The van der Waals surface area contributed by atoms with Crippen LogP contribution >= 0.6 is 0 Å². The minimum atomic E-state index is 0.525. The number of piperazine rings is 1. The summed E-state index contributed by atoms with van der Waals surface area (Å²) in [5, 5.41) is 3.80. The van der Waals surface area contributed by atoms with E-state index < -0.39 is 0 Å². The van der Waals surface area contributed by atoms with E-state index in [1.807, 2.05) is 0 Å². The van der Waals surface area contributed by atoms with Crippen molar-refractivity contribution in [2.75, 3.05) is 19.6 Å². The van der Waals surface area contributed by atoms with Crippen molar-refractivity contribution >= 4 is 0 Å². The van der Waals surface area contributed by atoms with Crippen molar-refractivity contribution < 1.29 is 0 Å². The van der Waals surface area contributed by atoms with Crippen molar-refractivity contribution in [1.82, 2.24) is 10.2 Å². The summed E-state index contributed by atoms with van der Waals surface area (Å²) in [6.07, 6.45) is 8.65. The molecular weight excluding hydrogens is 184 g/mol. The minimum Gasteiger partial charge on any atom is -0.309 e. The average Bonchev–Trinajstić information content (AvgIpc) is 2.62. The molecule has 3 rings (SSSR count). The van der Waals surface area contributed by atoms with E-state index in [0.29, 0.717) is 5.54 Å². The maximum atomic E-state index is 3.80. The van der Waals surface area contributed by atoms with Gasteiger partial charge < -0.3 is 5.32 Å². The van der Waals surface area contributed by atoms with Gasteiger partial charge in [-0.1, -0.05) is 19.8 Å². The highest BCUT2D eigenvalue weighted by atomic mass is 15.3. The molecule has 2 nitrogen and oxygen atoms in total. The first-order valence-corrected chi connectivity index (χ1v) is 6.77. The average molecular weight is 208 g/mol. The third-order valence-electron chi connectivity index (χ3n) is 4.83. The largest absolute Gasteiger partial charge is 0.309 e. The molecule has 0 bridgehead atoms. The van der Waals surface area contributed by atoms with Gasteiger partial charge in [-0.25, -0.2) is 0 Å². The van der Waals surface area contributed by atoms with Crippen LogP contribution in [0, 0.1) is 5.92 Å². The van der Waals surface area contributed by atoms with Crippen molar-refractivity contribution in [1.29, 1.82) is 0 Å². The minimum absolute atomic E-state index is 0.525. The van der Waals surface area contributed by atoms with E-state index in [1.165, 1.54) is 58.2 Å². The van der Waals surface area contributed by atoms with E-state index in [4.69, 9.17) is 0 Å². The van der Waals surface area contributed by atoms with Crippen LogP contribution in [0.3, 0.4) is 0 Å². The second-order valence-corrected chi connectivity index (χ2v) is 6.12. The molecule has 1 saturated heterocycles. The van der Waals surface area contributed by atoms with Crippen LogP contribution in [0.2, 0.25) is 0 Å². The van der Waals surface area contributed by atoms with Crippen molar-refractivity contribution in [2.45, 2.75) is 57.0 Å². The van der Waals surface area contributed by atoms with E-state index in [-0.39, 0.29) is 0 Å². The van der Waals surface area contributed by atoms with Crippen molar-refractivity contribution in [3.8, 4) is 0 Å². The molecule has 0 aromatic carbocycles. The lowest BCUT2D eigenvalue weighted by molar-refractivity contribution is 0.0335. The zero-order valence-electron chi connectivity index (χ0n) is 9.97. The molecule has 2 aliphatic carbocycles. The van der Waals surface area contributed by atoms with E-state index >= 15 is 0 Å². The normalized spacial score (nSPS) is 40.6. The lowest BCUT2D eigenvalue weighted by Crippen LogP contribution is -2.62. The third kappa shape index (κ3) is 1.83. The Kier molecular flexibility index (Phi) is 2.52. The SMILES string of the molecule is CC1CC(N2CCNC3(CCCC3)C2)C1. The maximum absolute atomic E-state index is 3.80. The summed E-state index contributed by atoms with van der Waals surface area (Å²) in [5.74, 6) is 0.990. The summed E-state index contributed by atoms with van der Waals surface area (Å²) in [4.78, 5) is 2.78. The zero-order valence-corrected chi connectivity index (χ0v) is 9.97. The fourth-order valence-electron chi connectivity index (χ4n) is 3.84. The second-order valence-electron chi connectivity index (χ2n) is 6.12. The van der Waals surface area contributed by atoms with Crippen LogP contribution in [0.1, 0.15) is 45.4 Å². The fourth-order valence-corrected chi connectivity index (χ4v) is 3.84. The summed E-state index contributed by atoms with van der Waals surface area (Å²) in [7, 11) is 0. The molecule has 86 valence electrons. The van der Waals surface area contributed by atoms with E-state index in [0.717, 1.165) is 12.0 Å². The topological polar surface area (TPSA) is 15.3 Å². The molecule has 1 aliphatic heterocycles. The monoisotopic (exact) mass is 208 g/mol. The predicted octanol–water partition coefficient (Wildman–Crippen LogP) is 2.00. The molecular formula is C13H24N2. The zero-order chi connectivity index (χ0) is 10.3. The first-order valence-electron chi connectivity index (χ1n) is 6.77. The lowest BCUT2D eigenvalue weighted by atomic mass is 9.79. The van der Waals surface area contributed by atoms with Gasteiger partial charge in [0.15, 0.2) is 0 Å². The Labute approximate surface area is 93.4 Å². The summed E-state index contributed by atoms with van der Waals surface area (Å²) in [6.45, 7) is 6.25. The first-order chi connectivity index (χ1) is 7.27. The highest BCUT2D eigenvalue weighted by Crippen LogP contribution is 2.37. The van der Waals surface area contributed by atoms with Gasteiger partial charge in [0.25, 0.3) is 0 Å². The van der Waals surface area contributed by atoms with Crippen molar-refractivity contribution in [3.63, 3.8) is 0 Å². The van der Waals surface area contributed by atoms with Crippen LogP contribution in [-0.4, -0.2) is 36.1 Å². The number of nitrogens with one attached hydrogen (secondary N) is 1. The third-order valence-corrected chi connectivity index (χ3v) is 4.83. The Morgan fingerprint density at radius 1 is 1.20 bits per heavy atom. The summed E-state index contributed by atoms with van der Waals surface area (Å²) < 4.78 is 0. The van der Waals surface area contributed by atoms with Crippen LogP contribution < -0.4 is 5.32 Å². The van der Waals surface area contributed by atoms with Gasteiger partial charge in [-0.15, -0.1) is 0 Å². The Morgan fingerprint density at radius 2 is 1.93 bits per heavy atom. The smallest absolute Gasteiger partial charge is 0.0309 e. The van der Waals surface area contributed by atoms with Gasteiger partial charge in [0, 0.05) is 31.2 Å². The summed E-state index contributed by atoms with van der Waals surface area (Å²) in [5.41, 5.74) is 0.525. The molecule has 15 heavy (non-hydrogen) atoms. The van der Waals surface area contributed by atoms with Gasteiger partial charge in [-0.2, -0.15) is 0 Å². The van der Waals surface area contributed by atoms with Crippen LogP contribution in [0.5, 0.6) is 0 Å². The van der Waals surface area contributed by atoms with E-state index in [9.17, 15) is 0 Å². The highest BCUT2D eigenvalue weighted by Gasteiger charge is 2.41. The van der Waals surface area contributed by atoms with Gasteiger partial charge in [0.2, 0.25) is 0 Å². The quantitative estimate of drug-likeness (QED) is 0.709. The molecule has 0 aromatic rings. The standard InChI is InChI=1S/C13H24N2/c1-11-8-12(9-11)15-7-6-14-13(10-15)4-2-3-5-13/h11-12,14H,2-10H2,1H3. The van der Waals surface area contributed by atoms with Gasteiger partial charge in [-0.3, -0.25) is 4.90 Å². The molecule has 2 saturated carbocycles. The fraction of sp³-hybridized carbons (Fsp3) is 1.00. The highest BCUT2D eigenvalue weighted by molar-refractivity contribution is 5.00. The van der Waals surface area contributed by atoms with Crippen LogP contribution in [0.25, 0.3) is 0 Å². The second kappa shape index (κ2) is 3.74. The van der Waals surface area contributed by atoms with Crippen LogP contribution in [0.15, 0.2) is 0 Å². The van der Waals surface area contributed by atoms with Crippen LogP contribution in [0.4, 0.5) is 0 Å². The molecule has 0 aromatic heterocycles.